The molecule has 0 aliphatic carbocycles. The Morgan fingerprint density at radius 1 is 1.06 bits per heavy atom. The summed E-state index contributed by atoms with van der Waals surface area (Å²) in [6, 6.07) is 0.727. The molecule has 96 valence electrons. The smallest absolute Gasteiger partial charge is 0.246 e. The number of likely N-dealkylation sites (tertiary alicyclic amines) is 2. The Hall–Kier alpha value is -0.830. The zero-order valence-corrected chi connectivity index (χ0v) is 10.9. The maximum absolute atomic E-state index is 11.7. The highest BCUT2D eigenvalue weighted by atomic mass is 16.2. The molecule has 17 heavy (non-hydrogen) atoms. The van der Waals surface area contributed by atoms with Gasteiger partial charge in [-0.3, -0.25) is 4.79 Å². The number of piperidine rings is 2. The van der Waals surface area contributed by atoms with Gasteiger partial charge in [0.2, 0.25) is 5.91 Å². The number of nitrogens with zero attached hydrogens (tertiary/aromatic N) is 2. The number of hydrogen-bond acceptors (Lipinski definition) is 2. The Morgan fingerprint density at radius 2 is 1.71 bits per heavy atom. The van der Waals surface area contributed by atoms with Crippen LogP contribution < -0.4 is 0 Å². The van der Waals surface area contributed by atoms with Crippen molar-refractivity contribution in [2.45, 2.75) is 45.1 Å². The first-order valence-corrected chi connectivity index (χ1v) is 6.97. The second-order valence-corrected chi connectivity index (χ2v) is 5.15. The van der Waals surface area contributed by atoms with E-state index in [4.69, 9.17) is 0 Å². The third-order valence-electron chi connectivity index (χ3n) is 3.99. The van der Waals surface area contributed by atoms with Crippen LogP contribution in [0.3, 0.4) is 0 Å². The van der Waals surface area contributed by atoms with Crippen LogP contribution >= 0.6 is 0 Å². The Kier molecular flexibility index (Phi) is 4.60. The van der Waals surface area contributed by atoms with Gasteiger partial charge >= 0.3 is 0 Å². The molecule has 0 aromatic heterocycles. The molecule has 0 N–H and O–H groups in total. The third-order valence-corrected chi connectivity index (χ3v) is 3.99. The van der Waals surface area contributed by atoms with Gasteiger partial charge in [0.15, 0.2) is 0 Å². The Labute approximate surface area is 104 Å². The van der Waals surface area contributed by atoms with Crippen molar-refractivity contribution in [3.63, 3.8) is 0 Å². The first kappa shape index (κ1) is 12.6. The lowest BCUT2D eigenvalue weighted by atomic mass is 10.00. The lowest BCUT2D eigenvalue weighted by molar-refractivity contribution is -0.127. The van der Waals surface area contributed by atoms with Crippen LogP contribution in [0.25, 0.3) is 0 Å². The summed E-state index contributed by atoms with van der Waals surface area (Å²) in [7, 11) is 0. The minimum absolute atomic E-state index is 0.185. The molecule has 0 unspecified atom stereocenters. The Morgan fingerprint density at radius 3 is 2.29 bits per heavy atom. The predicted octanol–water partition coefficient (Wildman–Crippen LogP) is 2.04. The summed E-state index contributed by atoms with van der Waals surface area (Å²) in [4.78, 5) is 16.3. The maximum atomic E-state index is 11.7. The van der Waals surface area contributed by atoms with Crippen LogP contribution in [0.2, 0.25) is 0 Å². The number of hydrogen-bond donors (Lipinski definition) is 0. The van der Waals surface area contributed by atoms with Gasteiger partial charge < -0.3 is 9.80 Å². The molecule has 2 saturated heterocycles. The number of rotatable bonds is 2. The summed E-state index contributed by atoms with van der Waals surface area (Å²) in [5.41, 5.74) is 0. The molecule has 0 bridgehead atoms. The van der Waals surface area contributed by atoms with Gasteiger partial charge in [-0.2, -0.15) is 0 Å². The molecule has 2 fully saturated rings. The molecule has 3 nitrogen and oxygen atoms in total. The van der Waals surface area contributed by atoms with Crippen molar-refractivity contribution in [3.05, 3.63) is 12.2 Å². The van der Waals surface area contributed by atoms with Gasteiger partial charge in [-0.25, -0.2) is 0 Å². The van der Waals surface area contributed by atoms with Gasteiger partial charge in [-0.05, 0) is 51.8 Å². The lowest BCUT2D eigenvalue weighted by Gasteiger charge is -2.40. The minimum Gasteiger partial charge on any atom is -0.339 e. The monoisotopic (exact) mass is 236 g/mol. The fourth-order valence-corrected chi connectivity index (χ4v) is 2.98. The fourth-order valence-electron chi connectivity index (χ4n) is 2.98. The molecular formula is C14H24N2O. The van der Waals surface area contributed by atoms with E-state index in [1.807, 2.05) is 17.9 Å². The van der Waals surface area contributed by atoms with E-state index in [0.29, 0.717) is 0 Å². The van der Waals surface area contributed by atoms with Gasteiger partial charge in [-0.1, -0.05) is 12.5 Å². The van der Waals surface area contributed by atoms with E-state index in [-0.39, 0.29) is 5.91 Å². The molecule has 2 aliphatic heterocycles. The molecule has 3 heteroatoms. The van der Waals surface area contributed by atoms with Crippen LogP contribution in [-0.4, -0.2) is 47.9 Å². The quantitative estimate of drug-likeness (QED) is 0.685. The molecule has 2 heterocycles. The van der Waals surface area contributed by atoms with Crippen LogP contribution in [-0.2, 0) is 4.79 Å². The van der Waals surface area contributed by atoms with Crippen molar-refractivity contribution < 1.29 is 4.79 Å². The molecule has 0 atom stereocenters. The van der Waals surface area contributed by atoms with Crippen molar-refractivity contribution in [3.8, 4) is 0 Å². The van der Waals surface area contributed by atoms with E-state index in [1.165, 1.54) is 32.4 Å². The average Bonchev–Trinajstić information content (AvgIpc) is 2.40. The van der Waals surface area contributed by atoms with E-state index in [9.17, 15) is 4.79 Å². The second kappa shape index (κ2) is 6.20. The predicted molar refractivity (Wildman–Crippen MR) is 69.8 cm³/mol. The minimum atomic E-state index is 0.185. The SMILES string of the molecule is CC=CC(=O)N1CCC(N2CCCCC2)CC1. The molecule has 0 radical (unpaired) electrons. The first-order valence-electron chi connectivity index (χ1n) is 6.97. The van der Waals surface area contributed by atoms with Crippen molar-refractivity contribution in [1.29, 1.82) is 0 Å². The molecule has 0 aromatic carbocycles. The molecule has 0 saturated carbocycles. The van der Waals surface area contributed by atoms with Crippen LogP contribution in [0, 0.1) is 0 Å². The standard InChI is InChI=1S/C14H24N2O/c1-2-6-14(17)16-11-7-13(8-12-16)15-9-4-3-5-10-15/h2,6,13H,3-5,7-12H2,1H3. The van der Waals surface area contributed by atoms with E-state index in [0.717, 1.165) is 32.0 Å². The fraction of sp³-hybridized carbons (Fsp3) is 0.786. The van der Waals surface area contributed by atoms with Gasteiger partial charge in [0, 0.05) is 19.1 Å². The molecule has 2 aliphatic rings. The summed E-state index contributed by atoms with van der Waals surface area (Å²) in [6.45, 7) is 6.31. The van der Waals surface area contributed by atoms with Crippen LogP contribution in [0.15, 0.2) is 12.2 Å². The highest BCUT2D eigenvalue weighted by Crippen LogP contribution is 2.20. The van der Waals surface area contributed by atoms with Crippen molar-refractivity contribution in [2.75, 3.05) is 26.2 Å². The normalized spacial score (nSPS) is 24.4. The van der Waals surface area contributed by atoms with Crippen LogP contribution in [0.1, 0.15) is 39.0 Å². The summed E-state index contributed by atoms with van der Waals surface area (Å²) >= 11 is 0. The van der Waals surface area contributed by atoms with Crippen molar-refractivity contribution in [1.82, 2.24) is 9.80 Å². The van der Waals surface area contributed by atoms with Gasteiger partial charge in [0.25, 0.3) is 0 Å². The Bertz CT molecular complexity index is 274. The summed E-state index contributed by atoms with van der Waals surface area (Å²) in [6.07, 6.45) is 9.94. The van der Waals surface area contributed by atoms with E-state index < -0.39 is 0 Å². The zero-order chi connectivity index (χ0) is 12.1. The number of carbonyl (C=O) groups excluding carboxylic acids is 1. The maximum Gasteiger partial charge on any atom is 0.246 e. The summed E-state index contributed by atoms with van der Waals surface area (Å²) < 4.78 is 0. The highest BCUT2D eigenvalue weighted by molar-refractivity contribution is 5.87. The Balaban J connectivity index is 1.79. The topological polar surface area (TPSA) is 23.6 Å². The first-order chi connectivity index (χ1) is 8.31. The van der Waals surface area contributed by atoms with Gasteiger partial charge in [0.1, 0.15) is 0 Å². The van der Waals surface area contributed by atoms with E-state index >= 15 is 0 Å². The zero-order valence-electron chi connectivity index (χ0n) is 10.9. The van der Waals surface area contributed by atoms with Crippen molar-refractivity contribution >= 4 is 5.91 Å². The van der Waals surface area contributed by atoms with E-state index in [1.54, 1.807) is 6.08 Å². The summed E-state index contributed by atoms with van der Waals surface area (Å²) in [5.74, 6) is 0.185. The average molecular weight is 236 g/mol. The largest absolute Gasteiger partial charge is 0.339 e. The number of carbonyl (C=O) groups is 1. The molecular weight excluding hydrogens is 212 g/mol. The van der Waals surface area contributed by atoms with Crippen LogP contribution in [0.5, 0.6) is 0 Å². The number of allylic oxidation sites excluding steroid dienone is 1. The van der Waals surface area contributed by atoms with Crippen molar-refractivity contribution in [2.24, 2.45) is 0 Å². The molecule has 1 amide bonds. The molecule has 2 rings (SSSR count). The highest BCUT2D eigenvalue weighted by Gasteiger charge is 2.26. The van der Waals surface area contributed by atoms with Gasteiger partial charge in [-0.15, -0.1) is 0 Å². The molecule has 0 spiro atoms. The van der Waals surface area contributed by atoms with Crippen LogP contribution in [0.4, 0.5) is 0 Å². The number of amides is 1. The third kappa shape index (κ3) is 3.32. The van der Waals surface area contributed by atoms with E-state index in [2.05, 4.69) is 4.90 Å². The lowest BCUT2D eigenvalue weighted by Crippen LogP contribution is -2.47. The second-order valence-electron chi connectivity index (χ2n) is 5.15. The van der Waals surface area contributed by atoms with Gasteiger partial charge in [0.05, 0.1) is 0 Å². The molecule has 0 aromatic rings. The summed E-state index contributed by atoms with van der Waals surface area (Å²) in [5, 5.41) is 0.